The van der Waals surface area contributed by atoms with Gasteiger partial charge in [0.1, 0.15) is 10.7 Å². The highest BCUT2D eigenvalue weighted by atomic mass is 32.2. The first-order chi connectivity index (χ1) is 11.5. The van der Waals surface area contributed by atoms with Gasteiger partial charge in [0.2, 0.25) is 5.91 Å². The SMILES string of the molecule is Cc1sc2nc(CSC(C)C(=O)NCC3CNC3)[nH]c(=O)c2c1C. The number of H-pyrrole nitrogens is 1. The van der Waals surface area contributed by atoms with E-state index < -0.39 is 0 Å². The van der Waals surface area contributed by atoms with E-state index in [-0.39, 0.29) is 16.7 Å². The molecule has 0 aromatic carbocycles. The van der Waals surface area contributed by atoms with Gasteiger partial charge in [-0.1, -0.05) is 0 Å². The molecule has 3 rings (SSSR count). The minimum absolute atomic E-state index is 0.0399. The summed E-state index contributed by atoms with van der Waals surface area (Å²) in [6.45, 7) is 8.52. The molecule has 0 radical (unpaired) electrons. The molecule has 1 aliphatic rings. The van der Waals surface area contributed by atoms with Crippen LogP contribution in [0.4, 0.5) is 0 Å². The zero-order chi connectivity index (χ0) is 17.3. The largest absolute Gasteiger partial charge is 0.355 e. The van der Waals surface area contributed by atoms with Crippen molar-refractivity contribution >= 4 is 39.2 Å². The minimum Gasteiger partial charge on any atom is -0.355 e. The lowest BCUT2D eigenvalue weighted by Gasteiger charge is -2.27. The van der Waals surface area contributed by atoms with Crippen LogP contribution in [-0.2, 0) is 10.5 Å². The lowest BCUT2D eigenvalue weighted by Crippen LogP contribution is -2.49. The molecule has 0 bridgehead atoms. The number of nitrogens with one attached hydrogen (secondary N) is 3. The van der Waals surface area contributed by atoms with Crippen molar-refractivity contribution in [2.45, 2.75) is 31.8 Å². The maximum absolute atomic E-state index is 12.2. The molecule has 1 fully saturated rings. The molecule has 0 spiro atoms. The van der Waals surface area contributed by atoms with E-state index in [1.807, 2.05) is 20.8 Å². The Kier molecular flexibility index (Phi) is 5.27. The van der Waals surface area contributed by atoms with Gasteiger partial charge in [0.05, 0.1) is 16.4 Å². The highest BCUT2D eigenvalue weighted by Gasteiger charge is 2.20. The summed E-state index contributed by atoms with van der Waals surface area (Å²) in [5.74, 6) is 1.73. The Bertz CT molecular complexity index is 810. The quantitative estimate of drug-likeness (QED) is 0.722. The number of amides is 1. The molecule has 1 saturated heterocycles. The van der Waals surface area contributed by atoms with Gasteiger partial charge in [-0.3, -0.25) is 9.59 Å². The van der Waals surface area contributed by atoms with Crippen LogP contribution in [0, 0.1) is 19.8 Å². The Morgan fingerprint density at radius 3 is 2.88 bits per heavy atom. The third kappa shape index (κ3) is 3.65. The zero-order valence-electron chi connectivity index (χ0n) is 14.1. The van der Waals surface area contributed by atoms with Crippen molar-refractivity contribution in [3.63, 3.8) is 0 Å². The number of carbonyl (C=O) groups excluding carboxylic acids is 1. The smallest absolute Gasteiger partial charge is 0.259 e. The van der Waals surface area contributed by atoms with Gasteiger partial charge < -0.3 is 15.6 Å². The molecular weight excluding hydrogens is 344 g/mol. The van der Waals surface area contributed by atoms with Crippen LogP contribution in [0.3, 0.4) is 0 Å². The van der Waals surface area contributed by atoms with Crippen LogP contribution in [0.15, 0.2) is 4.79 Å². The summed E-state index contributed by atoms with van der Waals surface area (Å²) < 4.78 is 0. The maximum Gasteiger partial charge on any atom is 0.259 e. The fourth-order valence-corrected chi connectivity index (χ4v) is 4.36. The Morgan fingerprint density at radius 1 is 1.46 bits per heavy atom. The monoisotopic (exact) mass is 366 g/mol. The van der Waals surface area contributed by atoms with Crippen LogP contribution >= 0.6 is 23.1 Å². The third-order valence-electron chi connectivity index (χ3n) is 4.36. The average Bonchev–Trinajstić information content (AvgIpc) is 2.78. The highest BCUT2D eigenvalue weighted by molar-refractivity contribution is 7.99. The number of hydrogen-bond donors (Lipinski definition) is 3. The summed E-state index contributed by atoms with van der Waals surface area (Å²) in [5.41, 5.74) is 0.910. The molecule has 3 N–H and O–H groups in total. The number of carbonyl (C=O) groups is 1. The van der Waals surface area contributed by atoms with Crippen molar-refractivity contribution < 1.29 is 4.79 Å². The van der Waals surface area contributed by atoms with Gasteiger partial charge >= 0.3 is 0 Å². The fourth-order valence-electron chi connectivity index (χ4n) is 2.53. The van der Waals surface area contributed by atoms with E-state index in [2.05, 4.69) is 20.6 Å². The second kappa shape index (κ2) is 7.25. The Balaban J connectivity index is 1.60. The number of fused-ring (bicyclic) bond motifs is 1. The number of hydrogen-bond acceptors (Lipinski definition) is 6. The molecule has 24 heavy (non-hydrogen) atoms. The van der Waals surface area contributed by atoms with Crippen molar-refractivity contribution in [1.29, 1.82) is 0 Å². The van der Waals surface area contributed by atoms with Crippen LogP contribution in [0.2, 0.25) is 0 Å². The zero-order valence-corrected chi connectivity index (χ0v) is 15.7. The van der Waals surface area contributed by atoms with E-state index in [0.29, 0.717) is 22.9 Å². The molecule has 2 aromatic heterocycles. The summed E-state index contributed by atoms with van der Waals surface area (Å²) in [7, 11) is 0. The molecule has 1 unspecified atom stereocenters. The van der Waals surface area contributed by atoms with Crippen molar-refractivity contribution in [3.05, 3.63) is 26.6 Å². The molecule has 0 aliphatic carbocycles. The van der Waals surface area contributed by atoms with Crippen molar-refractivity contribution in [2.75, 3.05) is 19.6 Å². The molecular formula is C16H22N4O2S2. The number of thioether (sulfide) groups is 1. The number of aryl methyl sites for hydroxylation is 2. The van der Waals surface area contributed by atoms with E-state index in [0.717, 1.165) is 34.9 Å². The first-order valence-corrected chi connectivity index (χ1v) is 9.91. The molecule has 130 valence electrons. The van der Waals surface area contributed by atoms with Crippen molar-refractivity contribution in [2.24, 2.45) is 5.92 Å². The fraction of sp³-hybridized carbons (Fsp3) is 0.562. The molecule has 1 amide bonds. The van der Waals surface area contributed by atoms with Crippen LogP contribution in [0.1, 0.15) is 23.2 Å². The lowest BCUT2D eigenvalue weighted by molar-refractivity contribution is -0.120. The Morgan fingerprint density at radius 2 is 2.21 bits per heavy atom. The first kappa shape index (κ1) is 17.4. The van der Waals surface area contributed by atoms with Gasteiger partial charge in [0.15, 0.2) is 0 Å². The summed E-state index contributed by atoms with van der Waals surface area (Å²) in [5, 5.41) is 6.68. The van der Waals surface area contributed by atoms with Gasteiger partial charge in [-0.2, -0.15) is 0 Å². The normalized spacial score (nSPS) is 16.1. The minimum atomic E-state index is -0.175. The molecule has 1 aliphatic heterocycles. The molecule has 1 atom stereocenters. The molecule has 6 nitrogen and oxygen atoms in total. The number of nitrogens with zero attached hydrogens (tertiary/aromatic N) is 1. The predicted molar refractivity (Wildman–Crippen MR) is 99.8 cm³/mol. The summed E-state index contributed by atoms with van der Waals surface area (Å²) in [4.78, 5) is 33.6. The molecule has 3 heterocycles. The van der Waals surface area contributed by atoms with Crippen LogP contribution < -0.4 is 16.2 Å². The standard InChI is InChI=1S/C16H22N4O2S2/c1-8-9(2)24-16-13(8)15(22)19-12(20-16)7-23-10(3)14(21)18-6-11-4-17-5-11/h10-11,17H,4-7H2,1-3H3,(H,18,21)(H,19,20,22). The predicted octanol–water partition coefficient (Wildman–Crippen LogP) is 1.56. The second-order valence-electron chi connectivity index (χ2n) is 6.20. The van der Waals surface area contributed by atoms with Gasteiger partial charge in [0.25, 0.3) is 5.56 Å². The van der Waals surface area contributed by atoms with Gasteiger partial charge in [0, 0.05) is 30.4 Å². The van der Waals surface area contributed by atoms with E-state index >= 15 is 0 Å². The highest BCUT2D eigenvalue weighted by Crippen LogP contribution is 2.26. The third-order valence-corrected chi connectivity index (χ3v) is 6.61. The van der Waals surface area contributed by atoms with Gasteiger partial charge in [-0.05, 0) is 26.3 Å². The number of thiophene rings is 1. The number of rotatable bonds is 6. The molecule has 0 saturated carbocycles. The number of aromatic amines is 1. The maximum atomic E-state index is 12.2. The Hall–Kier alpha value is -1.38. The van der Waals surface area contributed by atoms with E-state index in [1.165, 1.54) is 11.8 Å². The van der Waals surface area contributed by atoms with Gasteiger partial charge in [-0.25, -0.2) is 4.98 Å². The Labute approximate surface area is 148 Å². The number of aromatic nitrogens is 2. The summed E-state index contributed by atoms with van der Waals surface area (Å²) in [6.07, 6.45) is 0. The van der Waals surface area contributed by atoms with Crippen molar-refractivity contribution in [3.8, 4) is 0 Å². The summed E-state index contributed by atoms with van der Waals surface area (Å²) >= 11 is 3.03. The second-order valence-corrected chi connectivity index (χ2v) is 8.73. The summed E-state index contributed by atoms with van der Waals surface area (Å²) in [6, 6.07) is 0. The van der Waals surface area contributed by atoms with E-state index in [9.17, 15) is 9.59 Å². The lowest BCUT2D eigenvalue weighted by atomic mass is 10.0. The van der Waals surface area contributed by atoms with Gasteiger partial charge in [-0.15, -0.1) is 23.1 Å². The average molecular weight is 367 g/mol. The molecule has 8 heteroatoms. The van der Waals surface area contributed by atoms with Crippen LogP contribution in [-0.4, -0.2) is 40.8 Å². The van der Waals surface area contributed by atoms with Crippen molar-refractivity contribution in [1.82, 2.24) is 20.6 Å². The first-order valence-electron chi connectivity index (χ1n) is 8.04. The van der Waals surface area contributed by atoms with E-state index in [4.69, 9.17) is 0 Å². The van der Waals surface area contributed by atoms with Crippen LogP contribution in [0.5, 0.6) is 0 Å². The molecule has 2 aromatic rings. The topological polar surface area (TPSA) is 86.9 Å². The van der Waals surface area contributed by atoms with E-state index in [1.54, 1.807) is 11.3 Å². The van der Waals surface area contributed by atoms with Crippen LogP contribution in [0.25, 0.3) is 10.2 Å².